The van der Waals surface area contributed by atoms with Gasteiger partial charge in [0.05, 0.1) is 16.1 Å². The average molecular weight is 411 g/mol. The number of benzene rings is 1. The summed E-state index contributed by atoms with van der Waals surface area (Å²) >= 11 is 2.92. The van der Waals surface area contributed by atoms with E-state index >= 15 is 0 Å². The molecular weight excluding hydrogens is 384 g/mol. The summed E-state index contributed by atoms with van der Waals surface area (Å²) in [4.78, 5) is -0.0266. The molecule has 1 aromatic carbocycles. The summed E-state index contributed by atoms with van der Waals surface area (Å²) in [5.41, 5.74) is 0.908. The van der Waals surface area contributed by atoms with Crippen LogP contribution in [0, 0.1) is 6.92 Å². The molecule has 0 heterocycles. The Kier molecular flexibility index (Phi) is 9.79. The van der Waals surface area contributed by atoms with Gasteiger partial charge in [-0.05, 0) is 30.6 Å². The number of rotatable bonds is 11. The van der Waals surface area contributed by atoms with Crippen molar-refractivity contribution in [3.63, 3.8) is 0 Å². The van der Waals surface area contributed by atoms with Crippen LogP contribution >= 0.6 is 23.5 Å². The fourth-order valence-corrected chi connectivity index (χ4v) is 5.49. The van der Waals surface area contributed by atoms with E-state index in [2.05, 4.69) is 0 Å². The van der Waals surface area contributed by atoms with Gasteiger partial charge in [-0.15, -0.1) is 23.5 Å². The highest BCUT2D eigenvalue weighted by atomic mass is 32.2. The SMILES string of the molecule is CCSC(SCC)[C@H](O)[C@@H](O)[C@@H](O)COS(=O)(=O)c1ccc(C)cc1. The molecule has 0 saturated heterocycles. The van der Waals surface area contributed by atoms with Crippen LogP contribution in [-0.2, 0) is 14.3 Å². The average Bonchev–Trinajstić information content (AvgIpc) is 2.58. The molecule has 0 unspecified atom stereocenters. The first kappa shape index (κ1) is 22.8. The van der Waals surface area contributed by atoms with Crippen molar-refractivity contribution in [3.8, 4) is 0 Å². The lowest BCUT2D eigenvalue weighted by molar-refractivity contribution is -0.0661. The van der Waals surface area contributed by atoms with Crippen LogP contribution in [0.1, 0.15) is 19.4 Å². The Hall–Kier alpha value is -0.290. The summed E-state index contributed by atoms with van der Waals surface area (Å²) in [7, 11) is -4.04. The van der Waals surface area contributed by atoms with Gasteiger partial charge in [0.2, 0.25) is 0 Å². The first-order valence-corrected chi connectivity index (χ1v) is 11.5. The van der Waals surface area contributed by atoms with Gasteiger partial charge >= 0.3 is 0 Å². The molecule has 0 radical (unpaired) electrons. The number of aliphatic hydroxyl groups excluding tert-OH is 3. The highest BCUT2D eigenvalue weighted by Crippen LogP contribution is 2.29. The van der Waals surface area contributed by atoms with Gasteiger partial charge in [0.1, 0.15) is 18.3 Å². The van der Waals surface area contributed by atoms with Crippen molar-refractivity contribution in [2.75, 3.05) is 18.1 Å². The zero-order chi connectivity index (χ0) is 19.0. The molecule has 0 bridgehead atoms. The summed E-state index contributed by atoms with van der Waals surface area (Å²) in [6.45, 7) is 5.06. The van der Waals surface area contributed by atoms with E-state index in [1.54, 1.807) is 12.1 Å². The van der Waals surface area contributed by atoms with E-state index in [0.29, 0.717) is 0 Å². The number of aliphatic hydroxyl groups is 3. The Morgan fingerprint density at radius 3 is 2.00 bits per heavy atom. The number of aryl methyl sites for hydroxylation is 1. The van der Waals surface area contributed by atoms with Crippen LogP contribution in [0.2, 0.25) is 0 Å². The summed E-state index contributed by atoms with van der Waals surface area (Å²) < 4.78 is 28.7. The molecule has 25 heavy (non-hydrogen) atoms. The summed E-state index contributed by atoms with van der Waals surface area (Å²) in [5.74, 6) is 1.49. The van der Waals surface area contributed by atoms with Gasteiger partial charge in [-0.25, -0.2) is 0 Å². The highest BCUT2D eigenvalue weighted by molar-refractivity contribution is 8.17. The minimum Gasteiger partial charge on any atom is -0.388 e. The molecule has 0 aliphatic heterocycles. The fourth-order valence-electron chi connectivity index (χ4n) is 1.99. The fraction of sp³-hybridized carbons (Fsp3) is 0.625. The molecule has 0 amide bonds. The lowest BCUT2D eigenvalue weighted by atomic mass is 10.1. The van der Waals surface area contributed by atoms with E-state index in [1.807, 2.05) is 20.8 Å². The highest BCUT2D eigenvalue weighted by Gasteiger charge is 2.32. The number of hydrogen-bond donors (Lipinski definition) is 3. The Balaban J connectivity index is 2.67. The van der Waals surface area contributed by atoms with Crippen LogP contribution in [0.3, 0.4) is 0 Å². The standard InChI is InChI=1S/C16H26O6S3/c1-4-23-16(24-5-2)15(19)14(18)13(17)10-22-25(20,21)12-8-6-11(3)7-9-12/h6-9,13-19H,4-5,10H2,1-3H3/t13-,14-,15+/m0/s1. The van der Waals surface area contributed by atoms with Crippen molar-refractivity contribution in [2.45, 2.75) is 48.6 Å². The predicted octanol–water partition coefficient (Wildman–Crippen LogP) is 1.62. The lowest BCUT2D eigenvalue weighted by Crippen LogP contribution is -2.44. The van der Waals surface area contributed by atoms with Gasteiger partial charge < -0.3 is 15.3 Å². The zero-order valence-electron chi connectivity index (χ0n) is 14.5. The van der Waals surface area contributed by atoms with E-state index in [1.165, 1.54) is 35.7 Å². The van der Waals surface area contributed by atoms with Crippen LogP contribution in [0.5, 0.6) is 0 Å². The van der Waals surface area contributed by atoms with E-state index in [-0.39, 0.29) is 9.48 Å². The largest absolute Gasteiger partial charge is 0.388 e. The molecule has 0 aromatic heterocycles. The normalized spacial score (nSPS) is 16.0. The minimum absolute atomic E-state index is 0.0266. The van der Waals surface area contributed by atoms with Crippen molar-refractivity contribution in [1.29, 1.82) is 0 Å². The van der Waals surface area contributed by atoms with E-state index < -0.39 is 35.0 Å². The molecule has 9 heteroatoms. The Bertz CT molecular complexity index is 599. The van der Waals surface area contributed by atoms with Crippen LogP contribution < -0.4 is 0 Å². The lowest BCUT2D eigenvalue weighted by Gasteiger charge is -2.28. The van der Waals surface area contributed by atoms with Crippen molar-refractivity contribution < 1.29 is 27.9 Å². The Morgan fingerprint density at radius 2 is 1.52 bits per heavy atom. The maximum atomic E-state index is 12.1. The van der Waals surface area contributed by atoms with Gasteiger partial charge in [-0.3, -0.25) is 4.18 Å². The smallest absolute Gasteiger partial charge is 0.297 e. The van der Waals surface area contributed by atoms with Crippen molar-refractivity contribution in [3.05, 3.63) is 29.8 Å². The van der Waals surface area contributed by atoms with Gasteiger partial charge in [0, 0.05) is 0 Å². The summed E-state index contributed by atoms with van der Waals surface area (Å²) in [5, 5.41) is 30.4. The minimum atomic E-state index is -4.04. The molecule has 0 aliphatic rings. The monoisotopic (exact) mass is 410 g/mol. The quantitative estimate of drug-likeness (QED) is 0.373. The molecule has 144 valence electrons. The third kappa shape index (κ3) is 7.09. The summed E-state index contributed by atoms with van der Waals surface area (Å²) in [6.07, 6.45) is -4.22. The molecular formula is C16H26O6S3. The Morgan fingerprint density at radius 1 is 1.00 bits per heavy atom. The van der Waals surface area contributed by atoms with Gasteiger partial charge in [-0.1, -0.05) is 31.5 Å². The van der Waals surface area contributed by atoms with Crippen LogP contribution in [-0.4, -0.2) is 64.7 Å². The van der Waals surface area contributed by atoms with Crippen LogP contribution in [0.25, 0.3) is 0 Å². The third-order valence-electron chi connectivity index (χ3n) is 3.39. The first-order valence-electron chi connectivity index (χ1n) is 7.96. The zero-order valence-corrected chi connectivity index (χ0v) is 17.0. The van der Waals surface area contributed by atoms with Crippen molar-refractivity contribution in [2.24, 2.45) is 0 Å². The molecule has 0 aliphatic carbocycles. The molecule has 0 saturated carbocycles. The molecule has 6 nitrogen and oxygen atoms in total. The van der Waals surface area contributed by atoms with Crippen LogP contribution in [0.4, 0.5) is 0 Å². The summed E-state index contributed by atoms with van der Waals surface area (Å²) in [6, 6.07) is 6.10. The molecule has 1 aromatic rings. The van der Waals surface area contributed by atoms with E-state index in [9.17, 15) is 23.7 Å². The van der Waals surface area contributed by atoms with Crippen molar-refractivity contribution in [1.82, 2.24) is 0 Å². The molecule has 0 spiro atoms. The van der Waals surface area contributed by atoms with Crippen molar-refractivity contribution >= 4 is 33.6 Å². The number of hydrogen-bond acceptors (Lipinski definition) is 8. The molecule has 3 atom stereocenters. The maximum absolute atomic E-state index is 12.1. The molecule has 1 rings (SSSR count). The predicted molar refractivity (Wildman–Crippen MR) is 102 cm³/mol. The molecule has 3 N–H and O–H groups in total. The second-order valence-corrected chi connectivity index (χ2v) is 10.1. The third-order valence-corrected chi connectivity index (χ3v) is 7.38. The van der Waals surface area contributed by atoms with E-state index in [4.69, 9.17) is 4.18 Å². The second-order valence-electron chi connectivity index (χ2n) is 5.38. The first-order chi connectivity index (χ1) is 11.7. The van der Waals surface area contributed by atoms with Crippen LogP contribution in [0.15, 0.2) is 29.2 Å². The Labute approximate surface area is 158 Å². The maximum Gasteiger partial charge on any atom is 0.297 e. The van der Waals surface area contributed by atoms with Gasteiger partial charge in [0.25, 0.3) is 10.1 Å². The molecule has 0 fully saturated rings. The second kappa shape index (κ2) is 10.8. The van der Waals surface area contributed by atoms with Gasteiger partial charge in [-0.2, -0.15) is 8.42 Å². The number of thioether (sulfide) groups is 2. The van der Waals surface area contributed by atoms with E-state index in [0.717, 1.165) is 17.1 Å². The van der Waals surface area contributed by atoms with Gasteiger partial charge in [0.15, 0.2) is 0 Å². The topological polar surface area (TPSA) is 104 Å².